The molecule has 0 aromatic heterocycles. The number of nitrogen functional groups attached to an aromatic ring is 1. The minimum absolute atomic E-state index is 0.0175. The van der Waals surface area contributed by atoms with Crippen LogP contribution in [0.25, 0.3) is 0 Å². The van der Waals surface area contributed by atoms with Crippen molar-refractivity contribution in [1.29, 1.82) is 0 Å². The van der Waals surface area contributed by atoms with Crippen LogP contribution in [0, 0.1) is 5.82 Å². The maximum atomic E-state index is 13.1. The predicted octanol–water partition coefficient (Wildman–Crippen LogP) is 1.58. The molecular formula is C15H22FN3O2. The molecule has 6 heteroatoms. The van der Waals surface area contributed by atoms with Gasteiger partial charge in [0.2, 0.25) is 5.91 Å². The Labute approximate surface area is 123 Å². The second-order valence-corrected chi connectivity index (χ2v) is 5.42. The Morgan fingerprint density at radius 1 is 1.48 bits per heavy atom. The largest absolute Gasteiger partial charge is 0.396 e. The van der Waals surface area contributed by atoms with E-state index in [9.17, 15) is 9.18 Å². The molecule has 4 N–H and O–H groups in total. The van der Waals surface area contributed by atoms with Crippen molar-refractivity contribution in [2.45, 2.75) is 31.7 Å². The summed E-state index contributed by atoms with van der Waals surface area (Å²) in [5.41, 5.74) is 5.99. The number of aliphatic hydroxyl groups is 1. The van der Waals surface area contributed by atoms with Gasteiger partial charge in [-0.2, -0.15) is 0 Å². The van der Waals surface area contributed by atoms with Crippen LogP contribution in [0.15, 0.2) is 18.2 Å². The molecule has 116 valence electrons. The lowest BCUT2D eigenvalue weighted by Crippen LogP contribution is -2.44. The van der Waals surface area contributed by atoms with Crippen molar-refractivity contribution in [2.24, 2.45) is 0 Å². The Bertz CT molecular complexity index is 494. The van der Waals surface area contributed by atoms with E-state index in [0.29, 0.717) is 12.1 Å². The summed E-state index contributed by atoms with van der Waals surface area (Å²) in [7, 11) is 0. The highest BCUT2D eigenvalue weighted by Gasteiger charge is 2.23. The highest BCUT2D eigenvalue weighted by Crippen LogP contribution is 2.20. The molecule has 2 rings (SSSR count). The molecule has 0 aliphatic carbocycles. The van der Waals surface area contributed by atoms with Crippen molar-refractivity contribution >= 4 is 17.3 Å². The molecule has 1 aromatic carbocycles. The minimum Gasteiger partial charge on any atom is -0.396 e. The summed E-state index contributed by atoms with van der Waals surface area (Å²) >= 11 is 0. The van der Waals surface area contributed by atoms with E-state index < -0.39 is 5.82 Å². The van der Waals surface area contributed by atoms with Gasteiger partial charge in [0.1, 0.15) is 5.82 Å². The summed E-state index contributed by atoms with van der Waals surface area (Å²) in [6.07, 6.45) is 3.91. The van der Waals surface area contributed by atoms with Crippen molar-refractivity contribution < 1.29 is 14.3 Å². The van der Waals surface area contributed by atoms with Gasteiger partial charge in [0.25, 0.3) is 0 Å². The smallest absolute Gasteiger partial charge is 0.238 e. The standard InChI is InChI=1S/C15H22FN3O2/c16-13-5-4-11(9-14(13)17)18-15(21)10-19-7-2-1-3-12(19)6-8-20/h4-5,9,12,20H,1-3,6-8,10,17H2,(H,18,21). The van der Waals surface area contributed by atoms with E-state index in [2.05, 4.69) is 10.2 Å². The van der Waals surface area contributed by atoms with E-state index in [1.165, 1.54) is 18.2 Å². The first-order valence-corrected chi connectivity index (χ1v) is 7.30. The number of hydrogen-bond acceptors (Lipinski definition) is 4. The van der Waals surface area contributed by atoms with Crippen LogP contribution in [0.2, 0.25) is 0 Å². The van der Waals surface area contributed by atoms with Crippen molar-refractivity contribution in [3.63, 3.8) is 0 Å². The average molecular weight is 295 g/mol. The molecular weight excluding hydrogens is 273 g/mol. The third-order valence-electron chi connectivity index (χ3n) is 3.84. The molecule has 1 fully saturated rings. The topological polar surface area (TPSA) is 78.6 Å². The van der Waals surface area contributed by atoms with E-state index in [1.807, 2.05) is 0 Å². The van der Waals surface area contributed by atoms with E-state index >= 15 is 0 Å². The number of amides is 1. The number of rotatable bonds is 5. The summed E-state index contributed by atoms with van der Waals surface area (Å²) in [4.78, 5) is 14.2. The number of nitrogens with one attached hydrogen (secondary N) is 1. The third-order valence-corrected chi connectivity index (χ3v) is 3.84. The molecule has 1 amide bonds. The first kappa shape index (κ1) is 15.7. The van der Waals surface area contributed by atoms with Crippen LogP contribution >= 0.6 is 0 Å². The van der Waals surface area contributed by atoms with E-state index in [4.69, 9.17) is 10.8 Å². The quantitative estimate of drug-likeness (QED) is 0.721. The monoisotopic (exact) mass is 295 g/mol. The van der Waals surface area contributed by atoms with Crippen LogP contribution in [0.5, 0.6) is 0 Å². The number of anilines is 2. The van der Waals surface area contributed by atoms with Crippen LogP contribution in [0.3, 0.4) is 0 Å². The Hall–Kier alpha value is -1.66. The molecule has 1 saturated heterocycles. The third kappa shape index (κ3) is 4.41. The number of hydrogen-bond donors (Lipinski definition) is 3. The Morgan fingerprint density at radius 2 is 2.29 bits per heavy atom. The molecule has 0 spiro atoms. The molecule has 1 aliphatic rings. The summed E-state index contributed by atoms with van der Waals surface area (Å²) in [6.45, 7) is 1.28. The first-order chi connectivity index (χ1) is 10.1. The molecule has 1 aliphatic heterocycles. The Balaban J connectivity index is 1.92. The lowest BCUT2D eigenvalue weighted by Gasteiger charge is -2.34. The van der Waals surface area contributed by atoms with Crippen molar-refractivity contribution in [1.82, 2.24) is 4.90 Å². The number of piperidine rings is 1. The molecule has 0 saturated carbocycles. The fourth-order valence-corrected chi connectivity index (χ4v) is 2.75. The fraction of sp³-hybridized carbons (Fsp3) is 0.533. The molecule has 0 bridgehead atoms. The van der Waals surface area contributed by atoms with Gasteiger partial charge in [0.15, 0.2) is 0 Å². The highest BCUT2D eigenvalue weighted by atomic mass is 19.1. The molecule has 0 radical (unpaired) electrons. The molecule has 5 nitrogen and oxygen atoms in total. The number of nitrogens with zero attached hydrogens (tertiary/aromatic N) is 1. The van der Waals surface area contributed by atoms with E-state index in [-0.39, 0.29) is 30.8 Å². The van der Waals surface area contributed by atoms with Crippen LogP contribution in [-0.4, -0.2) is 41.7 Å². The zero-order valence-corrected chi connectivity index (χ0v) is 12.0. The first-order valence-electron chi connectivity index (χ1n) is 7.30. The average Bonchev–Trinajstić information content (AvgIpc) is 2.45. The normalized spacial score (nSPS) is 19.4. The number of aliphatic hydroxyl groups excluding tert-OH is 1. The van der Waals surface area contributed by atoms with Crippen LogP contribution < -0.4 is 11.1 Å². The zero-order chi connectivity index (χ0) is 15.2. The van der Waals surface area contributed by atoms with E-state index in [0.717, 1.165) is 25.8 Å². The molecule has 1 atom stereocenters. The van der Waals surface area contributed by atoms with Crippen LogP contribution in [-0.2, 0) is 4.79 Å². The van der Waals surface area contributed by atoms with Crippen LogP contribution in [0.1, 0.15) is 25.7 Å². The summed E-state index contributed by atoms with van der Waals surface area (Å²) < 4.78 is 13.1. The Morgan fingerprint density at radius 3 is 3.00 bits per heavy atom. The van der Waals surface area contributed by atoms with Crippen LogP contribution in [0.4, 0.5) is 15.8 Å². The number of carbonyl (C=O) groups is 1. The Kier molecular flexibility index (Phi) is 5.52. The van der Waals surface area contributed by atoms with Gasteiger partial charge in [-0.25, -0.2) is 4.39 Å². The number of benzene rings is 1. The number of carbonyl (C=O) groups excluding carboxylic acids is 1. The lowest BCUT2D eigenvalue weighted by atomic mass is 10.00. The van der Waals surface area contributed by atoms with E-state index in [1.54, 1.807) is 0 Å². The van der Waals surface area contributed by atoms with Gasteiger partial charge in [-0.3, -0.25) is 9.69 Å². The van der Waals surface area contributed by atoms with Gasteiger partial charge in [-0.15, -0.1) is 0 Å². The van der Waals surface area contributed by atoms with Gasteiger partial charge in [0.05, 0.1) is 12.2 Å². The fourth-order valence-electron chi connectivity index (χ4n) is 2.75. The molecule has 1 heterocycles. The van der Waals surface area contributed by atoms with Crippen molar-refractivity contribution in [3.05, 3.63) is 24.0 Å². The maximum absolute atomic E-state index is 13.1. The van der Waals surface area contributed by atoms with Gasteiger partial charge < -0.3 is 16.2 Å². The second kappa shape index (κ2) is 7.38. The van der Waals surface area contributed by atoms with Gasteiger partial charge in [-0.1, -0.05) is 6.42 Å². The lowest BCUT2D eigenvalue weighted by molar-refractivity contribution is -0.118. The van der Waals surface area contributed by atoms with Crippen molar-refractivity contribution in [2.75, 3.05) is 30.7 Å². The molecule has 1 aromatic rings. The zero-order valence-electron chi connectivity index (χ0n) is 12.0. The number of nitrogens with two attached hydrogens (primary N) is 1. The van der Waals surface area contributed by atoms with Gasteiger partial charge >= 0.3 is 0 Å². The highest BCUT2D eigenvalue weighted by molar-refractivity contribution is 5.92. The number of halogens is 1. The molecule has 21 heavy (non-hydrogen) atoms. The van der Waals surface area contributed by atoms with Gasteiger partial charge in [-0.05, 0) is 44.0 Å². The predicted molar refractivity (Wildman–Crippen MR) is 80.4 cm³/mol. The summed E-state index contributed by atoms with van der Waals surface area (Å²) in [6, 6.07) is 4.40. The summed E-state index contributed by atoms with van der Waals surface area (Å²) in [5.74, 6) is -0.641. The number of likely N-dealkylation sites (tertiary alicyclic amines) is 1. The SMILES string of the molecule is Nc1cc(NC(=O)CN2CCCCC2CCO)ccc1F. The maximum Gasteiger partial charge on any atom is 0.238 e. The molecule has 1 unspecified atom stereocenters. The van der Waals surface area contributed by atoms with Crippen molar-refractivity contribution in [3.8, 4) is 0 Å². The summed E-state index contributed by atoms with van der Waals surface area (Å²) in [5, 5.41) is 11.8. The second-order valence-electron chi connectivity index (χ2n) is 5.42. The van der Waals surface area contributed by atoms with Gasteiger partial charge in [0, 0.05) is 18.3 Å². The minimum atomic E-state index is -0.493.